The molecule has 7 heteroatoms. The van der Waals surface area contributed by atoms with E-state index in [0.717, 1.165) is 27.2 Å². The van der Waals surface area contributed by atoms with E-state index in [9.17, 15) is 4.79 Å². The Morgan fingerprint density at radius 2 is 1.90 bits per heavy atom. The maximum atomic E-state index is 13.0. The summed E-state index contributed by atoms with van der Waals surface area (Å²) in [7, 11) is 3.96. The summed E-state index contributed by atoms with van der Waals surface area (Å²) in [5.74, 6) is 1.15. The lowest BCUT2D eigenvalue weighted by Crippen LogP contribution is -2.27. The molecule has 0 N–H and O–H groups in total. The maximum absolute atomic E-state index is 13.0. The van der Waals surface area contributed by atoms with Gasteiger partial charge in [-0.05, 0) is 69.9 Å². The van der Waals surface area contributed by atoms with Crippen LogP contribution in [0.3, 0.4) is 0 Å². The number of nitrogens with zero attached hydrogens (tertiary/aromatic N) is 2. The van der Waals surface area contributed by atoms with Gasteiger partial charge in [0.1, 0.15) is 5.75 Å². The van der Waals surface area contributed by atoms with Crippen molar-refractivity contribution in [3.8, 4) is 5.75 Å². The second kappa shape index (κ2) is 9.32. The summed E-state index contributed by atoms with van der Waals surface area (Å²) in [6.07, 6.45) is 1.87. The van der Waals surface area contributed by atoms with Gasteiger partial charge in [0.15, 0.2) is 4.32 Å². The Kier molecular flexibility index (Phi) is 7.03. The van der Waals surface area contributed by atoms with E-state index in [4.69, 9.17) is 17.0 Å². The van der Waals surface area contributed by atoms with E-state index in [1.165, 1.54) is 11.8 Å². The number of halogens is 1. The average molecular weight is 491 g/mol. The minimum absolute atomic E-state index is 0.103. The Morgan fingerprint density at radius 3 is 2.48 bits per heavy atom. The molecule has 1 aliphatic rings. The smallest absolute Gasteiger partial charge is 0.270 e. The number of rotatable bonds is 6. The van der Waals surface area contributed by atoms with Crippen molar-refractivity contribution in [3.05, 3.63) is 57.4 Å². The molecule has 0 atom stereocenters. The first-order chi connectivity index (χ1) is 13.8. The number of carbonyl (C=O) groups is 1. The third-order valence-electron chi connectivity index (χ3n) is 4.24. The zero-order valence-corrected chi connectivity index (χ0v) is 20.0. The molecule has 1 heterocycles. The van der Waals surface area contributed by atoms with Crippen molar-refractivity contribution in [2.45, 2.75) is 13.8 Å². The highest BCUT2D eigenvalue weighted by Crippen LogP contribution is 2.37. The highest BCUT2D eigenvalue weighted by atomic mass is 79.9. The van der Waals surface area contributed by atoms with Crippen LogP contribution < -0.4 is 14.5 Å². The highest BCUT2D eigenvalue weighted by molar-refractivity contribution is 9.10. The van der Waals surface area contributed by atoms with Crippen molar-refractivity contribution < 1.29 is 9.53 Å². The molecule has 0 aliphatic carbocycles. The van der Waals surface area contributed by atoms with Gasteiger partial charge in [-0.3, -0.25) is 9.69 Å². The lowest BCUT2D eigenvalue weighted by Gasteiger charge is -2.17. The van der Waals surface area contributed by atoms with Gasteiger partial charge in [-0.2, -0.15) is 0 Å². The third-order valence-corrected chi connectivity index (χ3v) is 6.17. The van der Waals surface area contributed by atoms with E-state index in [1.807, 2.05) is 67.5 Å². The number of amides is 1. The Balaban J connectivity index is 1.80. The van der Waals surface area contributed by atoms with E-state index in [2.05, 4.69) is 29.8 Å². The average Bonchev–Trinajstić information content (AvgIpc) is 2.94. The number of benzene rings is 2. The normalized spacial score (nSPS) is 15.5. The molecule has 1 amide bonds. The molecular weight excluding hydrogens is 468 g/mol. The summed E-state index contributed by atoms with van der Waals surface area (Å²) in [4.78, 5) is 17.2. The van der Waals surface area contributed by atoms with Crippen LogP contribution in [0.15, 0.2) is 51.8 Å². The van der Waals surface area contributed by atoms with Crippen LogP contribution >= 0.6 is 39.9 Å². The minimum Gasteiger partial charge on any atom is -0.492 e. The van der Waals surface area contributed by atoms with Crippen molar-refractivity contribution in [1.82, 2.24) is 0 Å². The fraction of sp³-hybridized carbons (Fsp3) is 0.273. The second-order valence-electron chi connectivity index (χ2n) is 7.32. The van der Waals surface area contributed by atoms with Gasteiger partial charge in [0.05, 0.1) is 21.7 Å². The van der Waals surface area contributed by atoms with Gasteiger partial charge in [-0.1, -0.05) is 43.9 Å². The van der Waals surface area contributed by atoms with Gasteiger partial charge in [-0.15, -0.1) is 0 Å². The molecule has 1 saturated heterocycles. The molecule has 152 valence electrons. The number of hydrogen-bond donors (Lipinski definition) is 0. The van der Waals surface area contributed by atoms with Gasteiger partial charge in [0.25, 0.3) is 5.91 Å². The van der Waals surface area contributed by atoms with Gasteiger partial charge in [0, 0.05) is 19.8 Å². The van der Waals surface area contributed by atoms with Crippen LogP contribution in [0.25, 0.3) is 6.08 Å². The lowest BCUT2D eigenvalue weighted by molar-refractivity contribution is -0.113. The molecule has 0 spiro atoms. The molecule has 0 unspecified atom stereocenters. The molecule has 0 bridgehead atoms. The van der Waals surface area contributed by atoms with Crippen LogP contribution in [0.1, 0.15) is 19.4 Å². The van der Waals surface area contributed by atoms with E-state index in [1.54, 1.807) is 4.90 Å². The molecule has 3 rings (SSSR count). The van der Waals surface area contributed by atoms with Crippen molar-refractivity contribution in [3.63, 3.8) is 0 Å². The Labute approximate surface area is 190 Å². The van der Waals surface area contributed by atoms with Crippen LogP contribution in [-0.2, 0) is 4.79 Å². The topological polar surface area (TPSA) is 32.8 Å². The molecule has 2 aromatic carbocycles. The maximum Gasteiger partial charge on any atom is 0.270 e. The number of ether oxygens (including phenoxy) is 1. The number of carbonyl (C=O) groups excluding carboxylic acids is 1. The van der Waals surface area contributed by atoms with Crippen molar-refractivity contribution in [2.24, 2.45) is 5.92 Å². The summed E-state index contributed by atoms with van der Waals surface area (Å²) in [5, 5.41) is 0. The first-order valence-corrected chi connectivity index (χ1v) is 11.3. The van der Waals surface area contributed by atoms with E-state index >= 15 is 0 Å². The molecule has 4 nitrogen and oxygen atoms in total. The van der Waals surface area contributed by atoms with Crippen LogP contribution in [0, 0.1) is 5.92 Å². The van der Waals surface area contributed by atoms with Crippen molar-refractivity contribution in [2.75, 3.05) is 30.5 Å². The van der Waals surface area contributed by atoms with Crippen LogP contribution in [0.2, 0.25) is 0 Å². The highest BCUT2D eigenvalue weighted by Gasteiger charge is 2.33. The van der Waals surface area contributed by atoms with Crippen LogP contribution in [0.5, 0.6) is 5.75 Å². The van der Waals surface area contributed by atoms with Gasteiger partial charge >= 0.3 is 0 Å². The Hall–Kier alpha value is -1.83. The quantitative estimate of drug-likeness (QED) is 0.368. The predicted molar refractivity (Wildman–Crippen MR) is 131 cm³/mol. The zero-order valence-electron chi connectivity index (χ0n) is 16.8. The summed E-state index contributed by atoms with van der Waals surface area (Å²) in [5.41, 5.74) is 2.76. The van der Waals surface area contributed by atoms with E-state index in [0.29, 0.717) is 21.8 Å². The summed E-state index contributed by atoms with van der Waals surface area (Å²) < 4.78 is 7.19. The third kappa shape index (κ3) is 5.21. The number of hydrogen-bond acceptors (Lipinski definition) is 5. The standard InChI is InChI=1S/C22H23BrN2O2S2/c1-14(2)13-27-19-10-5-15(11-18(19)23)12-20-21(26)25(22(28)29-20)17-8-6-16(7-9-17)24(3)4/h5-12,14H,13H2,1-4H3/b20-12+. The molecular formula is C22H23BrN2O2S2. The Bertz CT molecular complexity index is 956. The Morgan fingerprint density at radius 1 is 1.21 bits per heavy atom. The zero-order chi connectivity index (χ0) is 21.1. The lowest BCUT2D eigenvalue weighted by atomic mass is 10.2. The van der Waals surface area contributed by atoms with Crippen molar-refractivity contribution >= 4 is 67.6 Å². The summed E-state index contributed by atoms with van der Waals surface area (Å²) in [6, 6.07) is 13.6. The number of thioether (sulfide) groups is 1. The van der Waals surface area contributed by atoms with Gasteiger partial charge in [-0.25, -0.2) is 0 Å². The fourth-order valence-electron chi connectivity index (χ4n) is 2.72. The van der Waals surface area contributed by atoms with Crippen LogP contribution in [-0.4, -0.2) is 30.9 Å². The molecule has 1 fully saturated rings. The van der Waals surface area contributed by atoms with Crippen molar-refractivity contribution in [1.29, 1.82) is 0 Å². The summed E-state index contributed by atoms with van der Waals surface area (Å²) >= 11 is 10.3. The first-order valence-electron chi connectivity index (χ1n) is 9.24. The molecule has 29 heavy (non-hydrogen) atoms. The molecule has 0 radical (unpaired) electrons. The molecule has 1 aliphatic heterocycles. The SMILES string of the molecule is CC(C)COc1ccc(/C=C2/SC(=S)N(c3ccc(N(C)C)cc3)C2=O)cc1Br. The first kappa shape index (κ1) is 21.9. The van der Waals surface area contributed by atoms with Gasteiger partial charge < -0.3 is 9.64 Å². The number of thiocarbonyl (C=S) groups is 1. The monoisotopic (exact) mass is 490 g/mol. The fourth-order valence-corrected chi connectivity index (χ4v) is 4.53. The van der Waals surface area contributed by atoms with E-state index < -0.39 is 0 Å². The second-order valence-corrected chi connectivity index (χ2v) is 9.85. The largest absolute Gasteiger partial charge is 0.492 e. The summed E-state index contributed by atoms with van der Waals surface area (Å²) in [6.45, 7) is 4.87. The van der Waals surface area contributed by atoms with E-state index in [-0.39, 0.29) is 5.91 Å². The molecule has 0 saturated carbocycles. The van der Waals surface area contributed by atoms with Crippen LogP contribution in [0.4, 0.5) is 11.4 Å². The predicted octanol–water partition coefficient (Wildman–Crippen LogP) is 5.96. The minimum atomic E-state index is -0.103. The molecule has 0 aromatic heterocycles. The molecule has 2 aromatic rings. The number of anilines is 2. The van der Waals surface area contributed by atoms with Gasteiger partial charge in [0.2, 0.25) is 0 Å².